The van der Waals surface area contributed by atoms with E-state index >= 15 is 0 Å². The molecule has 1 aromatic rings. The summed E-state index contributed by atoms with van der Waals surface area (Å²) < 4.78 is 18.1. The third kappa shape index (κ3) is 5.14. The van der Waals surface area contributed by atoms with Crippen molar-refractivity contribution in [2.75, 3.05) is 20.3 Å². The van der Waals surface area contributed by atoms with Gasteiger partial charge in [-0.15, -0.1) is 0 Å². The average molecular weight is 289 g/mol. The van der Waals surface area contributed by atoms with E-state index in [1.54, 1.807) is 26.2 Å². The number of carbonyl (C=O) groups excluding carboxylic acids is 1. The van der Waals surface area contributed by atoms with Gasteiger partial charge in [-0.3, -0.25) is 4.79 Å². The molecule has 0 radical (unpaired) electrons. The zero-order valence-electron chi connectivity index (χ0n) is 11.0. The standard InChI is InChI=1S/C13H18ClFN2O2/c1-9(13(18)16-6-7-19-2)17-8-10-4-3-5-11(15)12(10)14/h3-5,9,17H,6-8H2,1-2H3,(H,16,18). The number of ether oxygens (including phenoxy) is 1. The minimum atomic E-state index is -0.460. The van der Waals surface area contributed by atoms with E-state index in [-0.39, 0.29) is 10.9 Å². The van der Waals surface area contributed by atoms with Crippen LogP contribution in [0.1, 0.15) is 12.5 Å². The molecular weight excluding hydrogens is 271 g/mol. The van der Waals surface area contributed by atoms with E-state index < -0.39 is 11.9 Å². The van der Waals surface area contributed by atoms with Crippen molar-refractivity contribution < 1.29 is 13.9 Å². The molecule has 106 valence electrons. The van der Waals surface area contributed by atoms with Crippen LogP contribution >= 0.6 is 11.6 Å². The highest BCUT2D eigenvalue weighted by Crippen LogP contribution is 2.19. The third-order valence-electron chi connectivity index (χ3n) is 2.63. The third-order valence-corrected chi connectivity index (χ3v) is 3.05. The first-order valence-electron chi connectivity index (χ1n) is 5.99. The molecule has 0 bridgehead atoms. The topological polar surface area (TPSA) is 50.4 Å². The van der Waals surface area contributed by atoms with E-state index in [9.17, 15) is 9.18 Å². The minimum absolute atomic E-state index is 0.0852. The van der Waals surface area contributed by atoms with Gasteiger partial charge in [-0.25, -0.2) is 4.39 Å². The van der Waals surface area contributed by atoms with Gasteiger partial charge in [-0.2, -0.15) is 0 Å². The Kier molecular flexibility index (Phi) is 6.77. The Morgan fingerprint density at radius 1 is 1.53 bits per heavy atom. The molecule has 1 rings (SSSR count). The first-order valence-corrected chi connectivity index (χ1v) is 6.37. The lowest BCUT2D eigenvalue weighted by molar-refractivity contribution is -0.122. The highest BCUT2D eigenvalue weighted by atomic mass is 35.5. The van der Waals surface area contributed by atoms with Gasteiger partial charge in [-0.1, -0.05) is 23.7 Å². The Morgan fingerprint density at radius 2 is 2.26 bits per heavy atom. The molecule has 0 saturated heterocycles. The van der Waals surface area contributed by atoms with Crippen LogP contribution in [0, 0.1) is 5.82 Å². The van der Waals surface area contributed by atoms with E-state index in [1.807, 2.05) is 0 Å². The number of nitrogens with one attached hydrogen (secondary N) is 2. The summed E-state index contributed by atoms with van der Waals surface area (Å²) >= 11 is 5.83. The first-order chi connectivity index (χ1) is 9.06. The van der Waals surface area contributed by atoms with Crippen LogP contribution in [0.25, 0.3) is 0 Å². The lowest BCUT2D eigenvalue weighted by Gasteiger charge is -2.14. The number of hydrogen-bond donors (Lipinski definition) is 2. The average Bonchev–Trinajstić information content (AvgIpc) is 2.40. The maximum absolute atomic E-state index is 13.2. The molecule has 0 saturated carbocycles. The van der Waals surface area contributed by atoms with Crippen molar-refractivity contribution in [2.24, 2.45) is 0 Å². The number of hydrogen-bond acceptors (Lipinski definition) is 3. The number of benzene rings is 1. The normalized spacial score (nSPS) is 12.2. The second kappa shape index (κ2) is 8.09. The SMILES string of the molecule is COCCNC(=O)C(C)NCc1cccc(F)c1Cl. The molecule has 1 amide bonds. The molecule has 2 N–H and O–H groups in total. The number of carbonyl (C=O) groups is 1. The van der Waals surface area contributed by atoms with Crippen LogP contribution in [0.3, 0.4) is 0 Å². The van der Waals surface area contributed by atoms with Crippen LogP contribution in [-0.4, -0.2) is 32.2 Å². The summed E-state index contributed by atoms with van der Waals surface area (Å²) in [7, 11) is 1.57. The van der Waals surface area contributed by atoms with Crippen molar-refractivity contribution >= 4 is 17.5 Å². The van der Waals surface area contributed by atoms with E-state index in [1.165, 1.54) is 6.07 Å². The molecule has 0 spiro atoms. The fourth-order valence-corrected chi connectivity index (χ4v) is 1.66. The molecule has 0 aliphatic carbocycles. The fraction of sp³-hybridized carbons (Fsp3) is 0.462. The Bertz CT molecular complexity index is 429. The molecule has 1 aromatic carbocycles. The second-order valence-electron chi connectivity index (χ2n) is 4.10. The fourth-order valence-electron chi connectivity index (χ4n) is 1.47. The quantitative estimate of drug-likeness (QED) is 0.751. The molecule has 0 fully saturated rings. The minimum Gasteiger partial charge on any atom is -0.383 e. The van der Waals surface area contributed by atoms with Gasteiger partial charge in [0.1, 0.15) is 5.82 Å². The van der Waals surface area contributed by atoms with Crippen molar-refractivity contribution in [1.82, 2.24) is 10.6 Å². The number of amides is 1. The summed E-state index contributed by atoms with van der Waals surface area (Å²) in [6.07, 6.45) is 0. The predicted octanol–water partition coefficient (Wildman–Crippen LogP) is 1.72. The van der Waals surface area contributed by atoms with E-state index in [0.29, 0.717) is 25.3 Å². The van der Waals surface area contributed by atoms with Crippen molar-refractivity contribution in [3.05, 3.63) is 34.6 Å². The Morgan fingerprint density at radius 3 is 2.95 bits per heavy atom. The van der Waals surface area contributed by atoms with Gasteiger partial charge in [0.2, 0.25) is 5.91 Å². The van der Waals surface area contributed by atoms with Crippen molar-refractivity contribution in [3.63, 3.8) is 0 Å². The number of rotatable bonds is 7. The van der Waals surface area contributed by atoms with Gasteiger partial charge in [0.05, 0.1) is 17.7 Å². The molecule has 0 aliphatic rings. The van der Waals surface area contributed by atoms with E-state index in [4.69, 9.17) is 16.3 Å². The van der Waals surface area contributed by atoms with Crippen LogP contribution in [-0.2, 0) is 16.1 Å². The summed E-state index contributed by atoms with van der Waals surface area (Å²) in [5.74, 6) is -0.595. The number of methoxy groups -OCH3 is 1. The summed E-state index contributed by atoms with van der Waals surface area (Å²) in [6.45, 7) is 2.99. The zero-order valence-corrected chi connectivity index (χ0v) is 11.8. The van der Waals surface area contributed by atoms with Crippen LogP contribution in [0.4, 0.5) is 4.39 Å². The highest BCUT2D eigenvalue weighted by molar-refractivity contribution is 6.31. The molecule has 0 aromatic heterocycles. The molecule has 1 unspecified atom stereocenters. The van der Waals surface area contributed by atoms with Gasteiger partial charge in [0, 0.05) is 20.2 Å². The lowest BCUT2D eigenvalue weighted by Crippen LogP contribution is -2.42. The molecule has 0 heterocycles. The monoisotopic (exact) mass is 288 g/mol. The lowest BCUT2D eigenvalue weighted by atomic mass is 10.2. The maximum atomic E-state index is 13.2. The van der Waals surface area contributed by atoms with Gasteiger partial charge < -0.3 is 15.4 Å². The Hall–Kier alpha value is -1.17. The first kappa shape index (κ1) is 15.9. The van der Waals surface area contributed by atoms with Gasteiger partial charge >= 0.3 is 0 Å². The van der Waals surface area contributed by atoms with Crippen LogP contribution in [0.15, 0.2) is 18.2 Å². The molecule has 4 nitrogen and oxygen atoms in total. The Labute approximate surface area is 117 Å². The zero-order chi connectivity index (χ0) is 14.3. The van der Waals surface area contributed by atoms with Crippen molar-refractivity contribution in [3.8, 4) is 0 Å². The molecule has 1 atom stereocenters. The van der Waals surface area contributed by atoms with Crippen LogP contribution in [0.2, 0.25) is 5.02 Å². The highest BCUT2D eigenvalue weighted by Gasteiger charge is 2.12. The molecule has 6 heteroatoms. The van der Waals surface area contributed by atoms with E-state index in [0.717, 1.165) is 0 Å². The molecular formula is C13H18ClFN2O2. The Balaban J connectivity index is 2.43. The summed E-state index contributed by atoms with van der Waals surface area (Å²) in [5, 5.41) is 5.79. The van der Waals surface area contributed by atoms with Gasteiger partial charge in [0.25, 0.3) is 0 Å². The summed E-state index contributed by atoms with van der Waals surface area (Å²) in [6, 6.07) is 4.21. The number of halogens is 2. The summed E-state index contributed by atoms with van der Waals surface area (Å²) in [5.41, 5.74) is 0.623. The smallest absolute Gasteiger partial charge is 0.236 e. The molecule has 19 heavy (non-hydrogen) atoms. The predicted molar refractivity (Wildman–Crippen MR) is 72.6 cm³/mol. The maximum Gasteiger partial charge on any atom is 0.236 e. The van der Waals surface area contributed by atoms with Crippen LogP contribution in [0.5, 0.6) is 0 Å². The largest absolute Gasteiger partial charge is 0.383 e. The summed E-state index contributed by atoms with van der Waals surface area (Å²) in [4.78, 5) is 11.7. The second-order valence-corrected chi connectivity index (χ2v) is 4.48. The van der Waals surface area contributed by atoms with Gasteiger partial charge in [-0.05, 0) is 18.6 Å². The van der Waals surface area contributed by atoms with Crippen molar-refractivity contribution in [1.29, 1.82) is 0 Å². The van der Waals surface area contributed by atoms with Crippen LogP contribution < -0.4 is 10.6 Å². The van der Waals surface area contributed by atoms with Gasteiger partial charge in [0.15, 0.2) is 0 Å². The molecule has 0 aliphatic heterocycles. The van der Waals surface area contributed by atoms with E-state index in [2.05, 4.69) is 10.6 Å². The van der Waals surface area contributed by atoms with Crippen molar-refractivity contribution in [2.45, 2.75) is 19.5 Å².